The van der Waals surface area contributed by atoms with Crippen molar-refractivity contribution in [2.24, 2.45) is 5.92 Å². The summed E-state index contributed by atoms with van der Waals surface area (Å²) in [5, 5.41) is 3.25. The number of nitrogens with zero attached hydrogens (tertiary/aromatic N) is 2. The van der Waals surface area contributed by atoms with E-state index in [0.717, 1.165) is 12.1 Å². The van der Waals surface area contributed by atoms with Crippen LogP contribution in [0.1, 0.15) is 13.3 Å². The minimum Gasteiger partial charge on any atom is -0.339 e. The van der Waals surface area contributed by atoms with Crippen molar-refractivity contribution in [2.45, 2.75) is 19.4 Å². The Morgan fingerprint density at radius 3 is 2.74 bits per heavy atom. The summed E-state index contributed by atoms with van der Waals surface area (Å²) in [7, 11) is 0. The minimum atomic E-state index is -0.999. The molecule has 1 aromatic carbocycles. The van der Waals surface area contributed by atoms with Gasteiger partial charge < -0.3 is 15.1 Å². The zero-order valence-electron chi connectivity index (χ0n) is 12.9. The second kappa shape index (κ2) is 6.23. The van der Waals surface area contributed by atoms with E-state index in [0.29, 0.717) is 32.6 Å². The van der Waals surface area contributed by atoms with Crippen molar-refractivity contribution in [3.05, 3.63) is 29.8 Å². The summed E-state index contributed by atoms with van der Waals surface area (Å²) in [5.74, 6) is -3.20. The lowest BCUT2D eigenvalue weighted by molar-refractivity contribution is -0.140. The van der Waals surface area contributed by atoms with Crippen molar-refractivity contribution < 1.29 is 18.4 Å². The molecule has 1 aromatic rings. The molecule has 7 heteroatoms. The molecule has 124 valence electrons. The summed E-state index contributed by atoms with van der Waals surface area (Å²) in [5.41, 5.74) is 0.290. The third-order valence-corrected chi connectivity index (χ3v) is 4.40. The molecule has 2 aliphatic rings. The molecule has 0 radical (unpaired) electrons. The summed E-state index contributed by atoms with van der Waals surface area (Å²) in [6.45, 7) is 4.19. The van der Waals surface area contributed by atoms with Gasteiger partial charge in [-0.15, -0.1) is 0 Å². The van der Waals surface area contributed by atoms with Crippen LogP contribution in [0.25, 0.3) is 0 Å². The Bertz CT molecular complexity index is 638. The summed E-state index contributed by atoms with van der Waals surface area (Å²) >= 11 is 0. The average molecular weight is 323 g/mol. The van der Waals surface area contributed by atoms with E-state index in [1.807, 2.05) is 6.92 Å². The molecule has 1 N–H and O–H groups in total. The lowest BCUT2D eigenvalue weighted by Gasteiger charge is -2.33. The maximum absolute atomic E-state index is 13.4. The third-order valence-electron chi connectivity index (χ3n) is 4.40. The van der Waals surface area contributed by atoms with Gasteiger partial charge >= 0.3 is 0 Å². The number of piperazine rings is 1. The molecule has 23 heavy (non-hydrogen) atoms. The number of anilines is 1. The van der Waals surface area contributed by atoms with E-state index < -0.39 is 17.6 Å². The van der Waals surface area contributed by atoms with E-state index in [4.69, 9.17) is 0 Å². The largest absolute Gasteiger partial charge is 0.339 e. The van der Waals surface area contributed by atoms with Crippen LogP contribution >= 0.6 is 0 Å². The van der Waals surface area contributed by atoms with Crippen LogP contribution in [0, 0.1) is 17.6 Å². The summed E-state index contributed by atoms with van der Waals surface area (Å²) in [4.78, 5) is 28.1. The predicted octanol–water partition coefficient (Wildman–Crippen LogP) is 1.14. The van der Waals surface area contributed by atoms with Crippen molar-refractivity contribution in [2.75, 3.05) is 31.1 Å². The summed E-state index contributed by atoms with van der Waals surface area (Å²) in [6.07, 6.45) is 0.398. The maximum Gasteiger partial charge on any atom is 0.239 e. The second-order valence-electron chi connectivity index (χ2n) is 6.07. The number of carbonyl (C=O) groups is 2. The SMILES string of the molecule is C[C@@H]1CN(C(=O)[C@H]2CCN(c3ccc(F)c(F)c3)C2=O)CCN1. The number of nitrogens with one attached hydrogen (secondary N) is 1. The van der Waals surface area contributed by atoms with Gasteiger partial charge in [0.2, 0.25) is 11.8 Å². The van der Waals surface area contributed by atoms with Gasteiger partial charge in [-0.2, -0.15) is 0 Å². The molecule has 0 bridgehead atoms. The highest BCUT2D eigenvalue weighted by Crippen LogP contribution is 2.28. The first-order valence-electron chi connectivity index (χ1n) is 7.76. The molecule has 2 aliphatic heterocycles. The number of amides is 2. The molecule has 0 aliphatic carbocycles. The van der Waals surface area contributed by atoms with Crippen LogP contribution in [0.4, 0.5) is 14.5 Å². The number of hydrogen-bond donors (Lipinski definition) is 1. The van der Waals surface area contributed by atoms with Crippen molar-refractivity contribution >= 4 is 17.5 Å². The molecule has 2 heterocycles. The quantitative estimate of drug-likeness (QED) is 0.831. The van der Waals surface area contributed by atoms with E-state index >= 15 is 0 Å². The Kier molecular flexibility index (Phi) is 4.30. The first-order chi connectivity index (χ1) is 11.0. The standard InChI is InChI=1S/C16H19F2N3O2/c1-10-9-20(7-5-19-10)15(22)12-4-6-21(16(12)23)11-2-3-13(17)14(18)8-11/h2-3,8,10,12,19H,4-7,9H2,1H3/t10-,12-/m1/s1. The Balaban J connectivity index is 1.73. The van der Waals surface area contributed by atoms with Gasteiger partial charge in [0, 0.05) is 44.0 Å². The van der Waals surface area contributed by atoms with Crippen LogP contribution in [0.3, 0.4) is 0 Å². The van der Waals surface area contributed by atoms with Crippen molar-refractivity contribution in [3.8, 4) is 0 Å². The lowest BCUT2D eigenvalue weighted by Crippen LogP contribution is -2.53. The van der Waals surface area contributed by atoms with E-state index in [9.17, 15) is 18.4 Å². The van der Waals surface area contributed by atoms with Crippen molar-refractivity contribution in [1.29, 1.82) is 0 Å². The number of hydrogen-bond acceptors (Lipinski definition) is 3. The number of carbonyl (C=O) groups excluding carboxylic acids is 2. The summed E-state index contributed by atoms with van der Waals surface area (Å²) < 4.78 is 26.4. The van der Waals surface area contributed by atoms with E-state index in [1.54, 1.807) is 4.90 Å². The first kappa shape index (κ1) is 15.9. The minimum absolute atomic E-state index is 0.173. The van der Waals surface area contributed by atoms with Gasteiger partial charge in [-0.05, 0) is 25.5 Å². The summed E-state index contributed by atoms with van der Waals surface area (Å²) in [6, 6.07) is 3.54. The van der Waals surface area contributed by atoms with Crippen LogP contribution in [0.15, 0.2) is 18.2 Å². The number of rotatable bonds is 2. The van der Waals surface area contributed by atoms with Crippen molar-refractivity contribution in [1.82, 2.24) is 10.2 Å². The van der Waals surface area contributed by atoms with Crippen LogP contribution in [-0.2, 0) is 9.59 Å². The molecule has 0 unspecified atom stereocenters. The van der Waals surface area contributed by atoms with E-state index in [-0.39, 0.29) is 23.5 Å². The van der Waals surface area contributed by atoms with Gasteiger partial charge in [-0.3, -0.25) is 9.59 Å². The molecule has 2 amide bonds. The van der Waals surface area contributed by atoms with Gasteiger partial charge in [0.05, 0.1) is 0 Å². The average Bonchev–Trinajstić information content (AvgIpc) is 2.91. The molecule has 0 aromatic heterocycles. The second-order valence-corrected chi connectivity index (χ2v) is 6.07. The number of halogens is 2. The highest BCUT2D eigenvalue weighted by atomic mass is 19.2. The fourth-order valence-electron chi connectivity index (χ4n) is 3.17. The van der Waals surface area contributed by atoms with Crippen LogP contribution in [0.5, 0.6) is 0 Å². The Morgan fingerprint density at radius 2 is 2.04 bits per heavy atom. The molecule has 0 saturated carbocycles. The molecule has 2 fully saturated rings. The smallest absolute Gasteiger partial charge is 0.239 e. The molecule has 3 rings (SSSR count). The van der Waals surface area contributed by atoms with Crippen LogP contribution in [-0.4, -0.2) is 48.9 Å². The van der Waals surface area contributed by atoms with Gasteiger partial charge in [0.15, 0.2) is 11.6 Å². The zero-order chi connectivity index (χ0) is 16.6. The fraction of sp³-hybridized carbons (Fsp3) is 0.500. The van der Waals surface area contributed by atoms with Crippen LogP contribution in [0.2, 0.25) is 0 Å². The van der Waals surface area contributed by atoms with E-state index in [1.165, 1.54) is 11.0 Å². The molecule has 2 atom stereocenters. The van der Waals surface area contributed by atoms with Gasteiger partial charge in [-0.1, -0.05) is 0 Å². The molecule has 0 spiro atoms. The maximum atomic E-state index is 13.4. The Labute approximate surface area is 133 Å². The number of benzene rings is 1. The normalized spacial score (nSPS) is 25.1. The third kappa shape index (κ3) is 3.06. The first-order valence-corrected chi connectivity index (χ1v) is 7.76. The molecular formula is C16H19F2N3O2. The fourth-order valence-corrected chi connectivity index (χ4v) is 3.17. The van der Waals surface area contributed by atoms with E-state index in [2.05, 4.69) is 5.32 Å². The lowest BCUT2D eigenvalue weighted by atomic mass is 10.1. The van der Waals surface area contributed by atoms with Gasteiger partial charge in [0.1, 0.15) is 5.92 Å². The van der Waals surface area contributed by atoms with Crippen molar-refractivity contribution in [3.63, 3.8) is 0 Å². The van der Waals surface area contributed by atoms with Gasteiger partial charge in [0.25, 0.3) is 0 Å². The molecule has 2 saturated heterocycles. The Morgan fingerprint density at radius 1 is 1.26 bits per heavy atom. The van der Waals surface area contributed by atoms with Crippen LogP contribution < -0.4 is 10.2 Å². The molecule has 5 nitrogen and oxygen atoms in total. The van der Waals surface area contributed by atoms with Gasteiger partial charge in [-0.25, -0.2) is 8.78 Å². The monoisotopic (exact) mass is 323 g/mol. The Hall–Kier alpha value is -2.02. The zero-order valence-corrected chi connectivity index (χ0v) is 12.9. The highest BCUT2D eigenvalue weighted by molar-refractivity contribution is 6.09. The highest BCUT2D eigenvalue weighted by Gasteiger charge is 2.40. The molecular weight excluding hydrogens is 304 g/mol. The topological polar surface area (TPSA) is 52.7 Å². The predicted molar refractivity (Wildman–Crippen MR) is 80.9 cm³/mol.